The van der Waals surface area contributed by atoms with Gasteiger partial charge in [-0.3, -0.25) is 0 Å². The third kappa shape index (κ3) is 7.01. The molecule has 0 bridgehead atoms. The van der Waals surface area contributed by atoms with E-state index in [0.29, 0.717) is 16.9 Å². The Kier molecular flexibility index (Phi) is 9.40. The molecule has 1 unspecified atom stereocenters. The molecule has 3 aromatic carbocycles. The summed E-state index contributed by atoms with van der Waals surface area (Å²) in [5.41, 5.74) is 8.24. The van der Waals surface area contributed by atoms with Gasteiger partial charge in [-0.1, -0.05) is 54.6 Å². The maximum absolute atomic E-state index is 13.5. The Morgan fingerprint density at radius 1 is 1.00 bits per heavy atom. The maximum atomic E-state index is 13.5. The number of halogens is 2. The molecule has 0 saturated heterocycles. The van der Waals surface area contributed by atoms with Crippen LogP contribution in [0.25, 0.3) is 5.57 Å². The van der Waals surface area contributed by atoms with Crippen molar-refractivity contribution in [2.75, 3.05) is 0 Å². The molecule has 3 aromatic rings. The molecular weight excluding hydrogens is 411 g/mol. The van der Waals surface area contributed by atoms with Gasteiger partial charge in [-0.25, -0.2) is 8.78 Å². The van der Waals surface area contributed by atoms with Gasteiger partial charge >= 0.3 is 29.6 Å². The molecule has 0 fully saturated rings. The normalized spacial score (nSPS) is 12.0. The zero-order chi connectivity index (χ0) is 21.5. The maximum Gasteiger partial charge on any atom is 1.00 e. The van der Waals surface area contributed by atoms with E-state index in [1.807, 2.05) is 42.5 Å². The zero-order valence-corrected chi connectivity index (χ0v) is 19.1. The van der Waals surface area contributed by atoms with Gasteiger partial charge in [0.25, 0.3) is 0 Å². The summed E-state index contributed by atoms with van der Waals surface area (Å²) in [6.07, 6.45) is 1.79. The standard InChI is InChI=1S/C24H21F2NO3.Na/c25-18-12-16(13-19(26)14-18)15-30-23-9-5-4-8-21(23)20(10-11-22(27)24(28)29)17-6-2-1-3-7-17;/h1-10,12-14,22H,11,15,27H2,(H,28,29);/q;+1/p-1/b20-10+;. The van der Waals surface area contributed by atoms with Crippen LogP contribution in [0.1, 0.15) is 23.1 Å². The zero-order valence-electron chi connectivity index (χ0n) is 17.1. The third-order valence-corrected chi connectivity index (χ3v) is 4.46. The number of ether oxygens (including phenoxy) is 1. The first-order valence-corrected chi connectivity index (χ1v) is 9.33. The number of carboxylic acids is 1. The fraction of sp³-hybridized carbons (Fsp3) is 0.125. The van der Waals surface area contributed by atoms with Gasteiger partial charge in [-0.15, -0.1) is 0 Å². The average molecular weight is 431 g/mol. The van der Waals surface area contributed by atoms with Crippen molar-refractivity contribution in [2.24, 2.45) is 5.73 Å². The molecule has 3 rings (SSSR count). The first-order valence-electron chi connectivity index (χ1n) is 9.33. The van der Waals surface area contributed by atoms with E-state index in [1.165, 1.54) is 12.1 Å². The molecule has 0 aromatic heterocycles. The Balaban J connectivity index is 0.00000341. The van der Waals surface area contributed by atoms with Crippen molar-refractivity contribution in [3.8, 4) is 5.75 Å². The minimum Gasteiger partial charge on any atom is -0.548 e. The Bertz CT molecular complexity index is 1040. The molecule has 7 heteroatoms. The summed E-state index contributed by atoms with van der Waals surface area (Å²) >= 11 is 0. The largest absolute Gasteiger partial charge is 1.00 e. The molecular formula is C24H20F2NNaO3. The summed E-state index contributed by atoms with van der Waals surface area (Å²) in [6, 6.07) is 18.6. The second kappa shape index (κ2) is 11.8. The van der Waals surface area contributed by atoms with E-state index in [4.69, 9.17) is 10.5 Å². The first kappa shape index (κ1) is 24.8. The van der Waals surface area contributed by atoms with Crippen LogP contribution in [0.3, 0.4) is 0 Å². The summed E-state index contributed by atoms with van der Waals surface area (Å²) in [4.78, 5) is 11.0. The van der Waals surface area contributed by atoms with E-state index in [-0.39, 0.29) is 42.6 Å². The molecule has 1 atom stereocenters. The van der Waals surface area contributed by atoms with E-state index in [1.54, 1.807) is 18.2 Å². The average Bonchev–Trinajstić information content (AvgIpc) is 2.73. The van der Waals surface area contributed by atoms with Gasteiger partial charge in [0, 0.05) is 17.7 Å². The monoisotopic (exact) mass is 431 g/mol. The van der Waals surface area contributed by atoms with Gasteiger partial charge in [0.15, 0.2) is 0 Å². The SMILES string of the molecule is NC(C/C=C(\c1ccccc1)c1ccccc1OCc1cc(F)cc(F)c1)C(=O)[O-].[Na+]. The Morgan fingerprint density at radius 2 is 1.61 bits per heavy atom. The van der Waals surface area contributed by atoms with Crippen LogP contribution in [0, 0.1) is 11.6 Å². The van der Waals surface area contributed by atoms with Crippen LogP contribution < -0.4 is 45.1 Å². The van der Waals surface area contributed by atoms with Crippen molar-refractivity contribution in [2.45, 2.75) is 19.1 Å². The molecule has 0 aliphatic rings. The van der Waals surface area contributed by atoms with Gasteiger partial charge in [-0.05, 0) is 41.3 Å². The molecule has 31 heavy (non-hydrogen) atoms. The van der Waals surface area contributed by atoms with Crippen molar-refractivity contribution in [1.82, 2.24) is 0 Å². The van der Waals surface area contributed by atoms with Crippen molar-refractivity contribution in [1.29, 1.82) is 0 Å². The van der Waals surface area contributed by atoms with E-state index >= 15 is 0 Å². The number of nitrogens with two attached hydrogens (primary N) is 1. The Labute approximate surface area is 201 Å². The number of carboxylic acid groups (broad SMARTS) is 1. The molecule has 0 radical (unpaired) electrons. The number of benzene rings is 3. The summed E-state index contributed by atoms with van der Waals surface area (Å²) in [5, 5.41) is 11.0. The topological polar surface area (TPSA) is 75.4 Å². The molecule has 0 spiro atoms. The minimum absolute atomic E-state index is 0. The minimum atomic E-state index is -1.34. The van der Waals surface area contributed by atoms with Gasteiger partial charge in [-0.2, -0.15) is 0 Å². The van der Waals surface area contributed by atoms with Crippen LogP contribution in [0.15, 0.2) is 78.9 Å². The van der Waals surface area contributed by atoms with E-state index < -0.39 is 23.6 Å². The van der Waals surface area contributed by atoms with Crippen molar-refractivity contribution < 1.29 is 53.0 Å². The smallest absolute Gasteiger partial charge is 0.548 e. The fourth-order valence-corrected chi connectivity index (χ4v) is 3.01. The quantitative estimate of drug-likeness (QED) is 0.526. The van der Waals surface area contributed by atoms with Crippen LogP contribution in [0.2, 0.25) is 0 Å². The Morgan fingerprint density at radius 3 is 2.26 bits per heavy atom. The molecule has 0 aliphatic carbocycles. The number of carbonyl (C=O) groups is 1. The number of hydrogen-bond donors (Lipinski definition) is 1. The van der Waals surface area contributed by atoms with Gasteiger partial charge in [0.2, 0.25) is 0 Å². The summed E-state index contributed by atoms with van der Waals surface area (Å²) in [7, 11) is 0. The number of carbonyl (C=O) groups excluding carboxylic acids is 1. The van der Waals surface area contributed by atoms with Crippen LogP contribution in [-0.2, 0) is 11.4 Å². The molecule has 0 aliphatic heterocycles. The Hall–Kier alpha value is -2.51. The van der Waals surface area contributed by atoms with Crippen molar-refractivity contribution in [3.05, 3.63) is 107 Å². The molecule has 4 nitrogen and oxygen atoms in total. The summed E-state index contributed by atoms with van der Waals surface area (Å²) in [5.74, 6) is -2.21. The predicted molar refractivity (Wildman–Crippen MR) is 108 cm³/mol. The third-order valence-electron chi connectivity index (χ3n) is 4.46. The summed E-state index contributed by atoms with van der Waals surface area (Å²) in [6.45, 7) is -0.0354. The van der Waals surface area contributed by atoms with Gasteiger partial charge in [0.1, 0.15) is 24.0 Å². The van der Waals surface area contributed by atoms with E-state index in [2.05, 4.69) is 0 Å². The number of rotatable bonds is 8. The number of para-hydroxylation sites is 1. The number of aliphatic carboxylic acids is 1. The molecule has 2 N–H and O–H groups in total. The van der Waals surface area contributed by atoms with Gasteiger partial charge < -0.3 is 20.4 Å². The summed E-state index contributed by atoms with van der Waals surface area (Å²) < 4.78 is 32.8. The molecule has 154 valence electrons. The second-order valence-electron chi connectivity index (χ2n) is 6.71. The fourth-order valence-electron chi connectivity index (χ4n) is 3.01. The van der Waals surface area contributed by atoms with Crippen LogP contribution >= 0.6 is 0 Å². The predicted octanol–water partition coefficient (Wildman–Crippen LogP) is 0.447. The first-order chi connectivity index (χ1) is 14.4. The van der Waals surface area contributed by atoms with Crippen LogP contribution in [0.5, 0.6) is 5.75 Å². The van der Waals surface area contributed by atoms with Crippen LogP contribution in [0.4, 0.5) is 8.78 Å². The van der Waals surface area contributed by atoms with Crippen molar-refractivity contribution in [3.63, 3.8) is 0 Å². The second-order valence-corrected chi connectivity index (χ2v) is 6.71. The van der Waals surface area contributed by atoms with Crippen LogP contribution in [-0.4, -0.2) is 12.0 Å². The van der Waals surface area contributed by atoms with Crippen molar-refractivity contribution >= 4 is 11.5 Å². The van der Waals surface area contributed by atoms with E-state index in [9.17, 15) is 18.7 Å². The molecule has 0 heterocycles. The van der Waals surface area contributed by atoms with Gasteiger partial charge in [0.05, 0.1) is 5.97 Å². The molecule has 0 saturated carbocycles. The molecule has 0 amide bonds. The van der Waals surface area contributed by atoms with E-state index in [0.717, 1.165) is 17.2 Å². The number of hydrogen-bond acceptors (Lipinski definition) is 4.